The summed E-state index contributed by atoms with van der Waals surface area (Å²) in [6.45, 7) is 1.87. The second-order valence-corrected chi connectivity index (χ2v) is 9.94. The second kappa shape index (κ2) is 10.2. The number of nitrogens with zero attached hydrogens (tertiary/aromatic N) is 4. The minimum absolute atomic E-state index is 0.228. The van der Waals surface area contributed by atoms with Gasteiger partial charge in [0.1, 0.15) is 23.2 Å². The largest absolute Gasteiger partial charge is 0.361 e. The fraction of sp³-hybridized carbons (Fsp3) is 0.0690. The quantitative estimate of drug-likeness (QED) is 0.288. The van der Waals surface area contributed by atoms with E-state index in [0.717, 1.165) is 4.88 Å². The Balaban J connectivity index is 1.59. The van der Waals surface area contributed by atoms with Gasteiger partial charge in [-0.3, -0.25) is 19.1 Å². The van der Waals surface area contributed by atoms with E-state index in [-0.39, 0.29) is 11.0 Å². The van der Waals surface area contributed by atoms with Crippen molar-refractivity contribution in [1.82, 2.24) is 24.5 Å². The van der Waals surface area contributed by atoms with Crippen molar-refractivity contribution in [2.75, 3.05) is 5.32 Å². The Hall–Kier alpha value is -4.78. The molecule has 0 unspecified atom stereocenters. The van der Waals surface area contributed by atoms with Crippen molar-refractivity contribution in [2.24, 2.45) is 0 Å². The van der Waals surface area contributed by atoms with Crippen molar-refractivity contribution in [3.8, 4) is 17.5 Å². The van der Waals surface area contributed by atoms with Crippen LogP contribution >= 0.6 is 22.9 Å². The van der Waals surface area contributed by atoms with Crippen molar-refractivity contribution in [1.29, 1.82) is 0 Å². The minimum atomic E-state index is -0.528. The zero-order valence-corrected chi connectivity index (χ0v) is 22.0. The lowest BCUT2D eigenvalue weighted by Crippen LogP contribution is -2.27. The highest BCUT2D eigenvalue weighted by atomic mass is 35.5. The van der Waals surface area contributed by atoms with Gasteiger partial charge in [0.15, 0.2) is 5.43 Å². The van der Waals surface area contributed by atoms with Crippen molar-refractivity contribution in [3.63, 3.8) is 0 Å². The van der Waals surface area contributed by atoms with Gasteiger partial charge in [0.25, 0.3) is 5.56 Å². The van der Waals surface area contributed by atoms with Crippen LogP contribution in [0.2, 0.25) is 5.02 Å². The number of fused-ring (bicyclic) bond motifs is 2. The van der Waals surface area contributed by atoms with Gasteiger partial charge in [0.05, 0.1) is 38.7 Å². The van der Waals surface area contributed by atoms with E-state index in [0.29, 0.717) is 49.6 Å². The molecular weight excluding hydrogens is 532 g/mol. The van der Waals surface area contributed by atoms with Crippen LogP contribution in [0.3, 0.4) is 0 Å². The fourth-order valence-corrected chi connectivity index (χ4v) is 5.41. The van der Waals surface area contributed by atoms with E-state index in [1.54, 1.807) is 16.3 Å². The number of anilines is 1. The average Bonchev–Trinajstić information content (AvgIpc) is 3.48. The first-order valence-corrected chi connectivity index (χ1v) is 13.2. The van der Waals surface area contributed by atoms with Crippen molar-refractivity contribution in [2.45, 2.75) is 13.0 Å². The van der Waals surface area contributed by atoms with Crippen LogP contribution in [0.1, 0.15) is 29.1 Å². The molecule has 2 N–H and O–H groups in total. The maximum Gasteiger partial charge on any atom is 0.264 e. The first-order chi connectivity index (χ1) is 19.0. The lowest BCUT2D eigenvalue weighted by Gasteiger charge is -2.23. The minimum Gasteiger partial charge on any atom is -0.361 e. The molecule has 39 heavy (non-hydrogen) atoms. The van der Waals surface area contributed by atoms with Gasteiger partial charge in [-0.2, -0.15) is 0 Å². The Bertz CT molecular complexity index is 2020. The maximum absolute atomic E-state index is 14.2. The maximum atomic E-state index is 14.2. The van der Waals surface area contributed by atoms with E-state index < -0.39 is 6.04 Å². The highest BCUT2D eigenvalue weighted by Gasteiger charge is 2.23. The smallest absolute Gasteiger partial charge is 0.264 e. The number of thiazole rings is 1. The van der Waals surface area contributed by atoms with Crippen molar-refractivity contribution < 1.29 is 0 Å². The van der Waals surface area contributed by atoms with Crippen LogP contribution in [-0.4, -0.2) is 24.5 Å². The highest BCUT2D eigenvalue weighted by Crippen LogP contribution is 2.34. The number of benzene rings is 2. The Morgan fingerprint density at radius 1 is 1.03 bits per heavy atom. The van der Waals surface area contributed by atoms with Crippen LogP contribution < -0.4 is 16.3 Å². The summed E-state index contributed by atoms with van der Waals surface area (Å²) in [5.74, 6) is 6.55. The normalized spacial score (nSPS) is 11.7. The van der Waals surface area contributed by atoms with E-state index in [1.807, 2.05) is 55.5 Å². The summed E-state index contributed by atoms with van der Waals surface area (Å²) in [5, 5.41) is 5.00. The lowest BCUT2D eigenvalue weighted by molar-refractivity contribution is 0.774. The molecule has 0 aliphatic carbocycles. The molecule has 0 aliphatic rings. The first-order valence-electron chi connectivity index (χ1n) is 11.9. The number of hydrogen-bond donors (Lipinski definition) is 2. The number of halogens is 1. The summed E-state index contributed by atoms with van der Waals surface area (Å²) >= 11 is 8.52. The van der Waals surface area contributed by atoms with Gasteiger partial charge in [-0.05, 0) is 31.0 Å². The Labute approximate surface area is 231 Å². The molecule has 190 valence electrons. The van der Waals surface area contributed by atoms with Gasteiger partial charge in [0.2, 0.25) is 0 Å². The first kappa shape index (κ1) is 24.6. The van der Waals surface area contributed by atoms with Crippen LogP contribution in [0.4, 0.5) is 5.82 Å². The Morgan fingerprint density at radius 2 is 1.87 bits per heavy atom. The Kier molecular flexibility index (Phi) is 6.40. The van der Waals surface area contributed by atoms with Crippen LogP contribution in [0.5, 0.6) is 0 Å². The summed E-state index contributed by atoms with van der Waals surface area (Å²) in [6, 6.07) is 15.6. The number of aromatic nitrogens is 5. The fourth-order valence-electron chi connectivity index (χ4n) is 4.54. The molecule has 0 spiro atoms. The molecule has 6 aromatic rings. The van der Waals surface area contributed by atoms with Gasteiger partial charge < -0.3 is 10.3 Å². The predicted molar refractivity (Wildman–Crippen MR) is 155 cm³/mol. The molecule has 10 heteroatoms. The number of pyridine rings is 2. The molecule has 0 fully saturated rings. The summed E-state index contributed by atoms with van der Waals surface area (Å²) in [6.07, 6.45) is 4.59. The predicted octanol–water partition coefficient (Wildman–Crippen LogP) is 5.31. The van der Waals surface area contributed by atoms with Gasteiger partial charge >= 0.3 is 0 Å². The number of hydrogen-bond acceptors (Lipinski definition) is 7. The molecule has 0 bridgehead atoms. The zero-order valence-electron chi connectivity index (χ0n) is 20.5. The number of H-pyrrole nitrogens is 1. The third-order valence-corrected chi connectivity index (χ3v) is 7.35. The summed E-state index contributed by atoms with van der Waals surface area (Å²) < 4.78 is 1.59. The molecule has 0 amide bonds. The van der Waals surface area contributed by atoms with Crippen LogP contribution in [0, 0.1) is 11.8 Å². The molecule has 0 radical (unpaired) electrons. The van der Waals surface area contributed by atoms with Crippen LogP contribution in [0.25, 0.3) is 27.5 Å². The van der Waals surface area contributed by atoms with E-state index in [9.17, 15) is 9.59 Å². The molecule has 4 heterocycles. The average molecular weight is 551 g/mol. The number of nitrogens with one attached hydrogen (secondary N) is 2. The molecule has 8 nitrogen and oxygen atoms in total. The summed E-state index contributed by atoms with van der Waals surface area (Å²) in [4.78, 5) is 43.2. The standard InChI is InChI=1S/C29H19ClN6O2S/c1-17(35-28-24-22(37)12-13-32-27(24)33-15-34-28)26-25(30)21-9-5-6-18(10-11-20-14-31-16-39-20)23(21)29(38)36(26)19-7-3-2-4-8-19/h2-9,12-17H,1H3,(H2,32,33,34,35,37)/t17-/m0/s1. The van der Waals surface area contributed by atoms with E-state index in [4.69, 9.17) is 11.6 Å². The molecule has 0 saturated carbocycles. The van der Waals surface area contributed by atoms with E-state index >= 15 is 0 Å². The monoisotopic (exact) mass is 550 g/mol. The molecule has 4 aromatic heterocycles. The topological polar surface area (TPSA) is 106 Å². The molecule has 0 aliphatic heterocycles. The van der Waals surface area contributed by atoms with Gasteiger partial charge in [-0.15, -0.1) is 11.3 Å². The third-order valence-electron chi connectivity index (χ3n) is 6.26. The molecular formula is C29H19ClN6O2S. The third kappa shape index (κ3) is 4.46. The Morgan fingerprint density at radius 3 is 2.67 bits per heavy atom. The molecule has 6 rings (SSSR count). The number of rotatable bonds is 4. The van der Waals surface area contributed by atoms with E-state index in [1.165, 1.54) is 29.9 Å². The van der Waals surface area contributed by atoms with E-state index in [2.05, 4.69) is 37.1 Å². The summed E-state index contributed by atoms with van der Waals surface area (Å²) in [7, 11) is 0. The molecule has 0 saturated heterocycles. The van der Waals surface area contributed by atoms with Gasteiger partial charge in [-0.1, -0.05) is 47.9 Å². The number of aromatic amines is 1. The second-order valence-electron chi connectivity index (χ2n) is 8.67. The van der Waals surface area contributed by atoms with Crippen LogP contribution in [0.15, 0.2) is 88.4 Å². The molecule has 1 atom stereocenters. The van der Waals surface area contributed by atoms with Gasteiger partial charge in [-0.25, -0.2) is 9.97 Å². The summed E-state index contributed by atoms with van der Waals surface area (Å²) in [5.41, 5.74) is 3.36. The SMILES string of the molecule is C[C@H](Nc1ncnc2[nH]ccc(=O)c12)c1c(Cl)c2cccc(C#Cc3cncs3)c2c(=O)n1-c1ccccc1. The van der Waals surface area contributed by atoms with Crippen LogP contribution in [-0.2, 0) is 0 Å². The highest BCUT2D eigenvalue weighted by molar-refractivity contribution is 7.10. The number of para-hydroxylation sites is 1. The molecule has 2 aromatic carbocycles. The van der Waals surface area contributed by atoms with Crippen molar-refractivity contribution in [3.05, 3.63) is 121 Å². The van der Waals surface area contributed by atoms with Gasteiger partial charge in [0, 0.05) is 28.9 Å². The van der Waals surface area contributed by atoms with Crippen molar-refractivity contribution >= 4 is 50.6 Å². The zero-order chi connectivity index (χ0) is 26.9. The lowest BCUT2D eigenvalue weighted by atomic mass is 10.0.